The van der Waals surface area contributed by atoms with Crippen molar-refractivity contribution in [3.63, 3.8) is 0 Å². The molecule has 2 aromatic carbocycles. The van der Waals surface area contributed by atoms with Gasteiger partial charge in [0.2, 0.25) is 33.6 Å². The molecule has 0 amide bonds. The van der Waals surface area contributed by atoms with Gasteiger partial charge in [-0.1, -0.05) is 55.4 Å². The minimum Gasteiger partial charge on any atom is -0.454 e. The number of hydrogen-bond acceptors (Lipinski definition) is 19. The lowest BCUT2D eigenvalue weighted by Gasteiger charge is -2.10. The topological polar surface area (TPSA) is 291 Å². The maximum Gasteiger partial charge on any atom is 0.231 e. The molecule has 0 bridgehead atoms. The molecule has 0 radical (unpaired) electrons. The van der Waals surface area contributed by atoms with E-state index in [4.69, 9.17) is 30.4 Å². The lowest BCUT2D eigenvalue weighted by atomic mass is 10.3. The summed E-state index contributed by atoms with van der Waals surface area (Å²) in [6.45, 7) is 2.42. The summed E-state index contributed by atoms with van der Waals surface area (Å²) in [6, 6.07) is 7.68. The van der Waals surface area contributed by atoms with Crippen LogP contribution < -0.4 is 44.2 Å². The minimum atomic E-state index is -3.30. The number of nitrogens with zero attached hydrogens (tertiary/aromatic N) is 7. The smallest absolute Gasteiger partial charge is 0.231 e. The molecule has 0 aliphatic carbocycles. The maximum absolute atomic E-state index is 11.4. The fraction of sp³-hybridized carbons (Fsp3) is 0.312. The molecule has 8 rings (SSSR count). The third-order valence-electron chi connectivity index (χ3n) is 7.43. The highest BCUT2D eigenvalue weighted by atomic mass is 127. The number of rotatable bonds is 13. The number of alkyl halides is 2. The Hall–Kier alpha value is -2.28. The van der Waals surface area contributed by atoms with Crippen LogP contribution in [0.4, 0.5) is 11.6 Å². The number of nitrogens with two attached hydrogens (primary N) is 2. The van der Waals surface area contributed by atoms with Crippen molar-refractivity contribution >= 4 is 171 Å². The molecule has 21 nitrogen and oxygen atoms in total. The van der Waals surface area contributed by atoms with Crippen LogP contribution >= 0.6 is 117 Å². The van der Waals surface area contributed by atoms with Crippen molar-refractivity contribution in [1.29, 1.82) is 0 Å². The van der Waals surface area contributed by atoms with Crippen LogP contribution in [-0.4, -0.2) is 113 Å². The van der Waals surface area contributed by atoms with E-state index >= 15 is 0 Å². The Kier molecular flexibility index (Phi) is 19.4. The number of hydrogen-bond donors (Lipinski definition) is 6. The van der Waals surface area contributed by atoms with Crippen molar-refractivity contribution in [3.05, 3.63) is 44.1 Å². The lowest BCUT2D eigenvalue weighted by molar-refractivity contribution is 0.173. The van der Waals surface area contributed by atoms with E-state index in [2.05, 4.69) is 142 Å². The predicted molar refractivity (Wildman–Crippen MR) is 265 cm³/mol. The highest BCUT2D eigenvalue weighted by Crippen LogP contribution is 2.42. The molecular formula is C32H36Br3I2N13O8S4. The number of nitrogens with one attached hydrogen (secondary N) is 4. The molecule has 0 fully saturated rings. The molecule has 0 saturated heterocycles. The summed E-state index contributed by atoms with van der Waals surface area (Å²) < 4.78 is 76.3. The Morgan fingerprint density at radius 2 is 1.29 bits per heavy atom. The normalized spacial score (nSPS) is 12.6. The second-order valence-electron chi connectivity index (χ2n) is 12.0. The number of aromatic amines is 1. The number of H-pyrrole nitrogens is 1. The van der Waals surface area contributed by atoms with Gasteiger partial charge in [-0.3, -0.25) is 4.34 Å². The Morgan fingerprint density at radius 3 is 1.81 bits per heavy atom. The molecule has 336 valence electrons. The highest BCUT2D eigenvalue weighted by molar-refractivity contribution is 14.1. The maximum atomic E-state index is 11.4. The van der Waals surface area contributed by atoms with Gasteiger partial charge in [0, 0.05) is 69.9 Å². The van der Waals surface area contributed by atoms with E-state index in [9.17, 15) is 16.8 Å². The summed E-state index contributed by atoms with van der Waals surface area (Å²) >= 11 is 16.7. The summed E-state index contributed by atoms with van der Waals surface area (Å²) in [4.78, 5) is 30.3. The first-order chi connectivity index (χ1) is 29.5. The van der Waals surface area contributed by atoms with Gasteiger partial charge in [-0.05, 0) is 69.4 Å². The zero-order chi connectivity index (χ0) is 45.0. The van der Waals surface area contributed by atoms with Crippen molar-refractivity contribution in [1.82, 2.24) is 53.2 Å². The average Bonchev–Trinajstić information content (AvgIpc) is 4.02. The number of sulfonamides is 2. The van der Waals surface area contributed by atoms with Gasteiger partial charge in [0.15, 0.2) is 61.8 Å². The molecule has 0 unspecified atom stereocenters. The minimum absolute atomic E-state index is 0.194. The molecule has 0 spiro atoms. The van der Waals surface area contributed by atoms with Crippen LogP contribution in [0.1, 0.15) is 0 Å². The predicted octanol–water partition coefficient (Wildman–Crippen LogP) is 5.07. The summed E-state index contributed by atoms with van der Waals surface area (Å²) in [7, 11) is -6.27. The van der Waals surface area contributed by atoms with Gasteiger partial charge >= 0.3 is 0 Å². The van der Waals surface area contributed by atoms with Crippen molar-refractivity contribution < 1.29 is 35.8 Å². The summed E-state index contributed by atoms with van der Waals surface area (Å²) in [6.07, 6.45) is 5.01. The standard InChI is InChI=1S/C15H15IN6O4S2.C12H8IN5O2S.C3H8BrNO2S.C2H5Br2N/c1-28(23,24)20-2-3-22-14-12(13(17)18-6-19-14)21-15(22)27-11-5-10-9(4-8(11)16)25-7-26-10;13-5-1-6-7(20-4-19-6)2-8(5)21-12-17-9-10(14)15-3-16-11(9)18-12;1-8(6,7)5-3-2-4;3-1-2-5-4/h4-6,20H,2-3,7H2,1H3,(H2,17,18,19);1-3H,4H2,(H3,14,15,16,17,18);5H,2-3H2,1H3;5H,1-2H2. The molecule has 6 heterocycles. The third kappa shape index (κ3) is 14.9. The highest BCUT2D eigenvalue weighted by Gasteiger charge is 2.22. The van der Waals surface area contributed by atoms with Crippen LogP contribution in [0.15, 0.2) is 57.0 Å². The number of nitrogen functional groups attached to an aromatic ring is 2. The number of ether oxygens (including phenoxy) is 4. The summed E-state index contributed by atoms with van der Waals surface area (Å²) in [5.74, 6) is 3.54. The van der Waals surface area contributed by atoms with Crippen LogP contribution in [0.25, 0.3) is 22.3 Å². The summed E-state index contributed by atoms with van der Waals surface area (Å²) in [5.41, 5.74) is 14.0. The third-order valence-corrected chi connectivity index (χ3v) is 14.6. The number of imidazole rings is 2. The van der Waals surface area contributed by atoms with E-state index in [1.165, 1.54) is 36.2 Å². The van der Waals surface area contributed by atoms with Crippen LogP contribution in [0.5, 0.6) is 23.0 Å². The second kappa shape index (κ2) is 23.8. The average molecular weight is 1350 g/mol. The van der Waals surface area contributed by atoms with Crippen LogP contribution in [0, 0.1) is 7.14 Å². The van der Waals surface area contributed by atoms with E-state index < -0.39 is 20.0 Å². The number of benzene rings is 2. The van der Waals surface area contributed by atoms with E-state index in [-0.39, 0.29) is 25.9 Å². The van der Waals surface area contributed by atoms with Crippen molar-refractivity contribution in [3.8, 4) is 23.0 Å². The van der Waals surface area contributed by atoms with E-state index in [0.29, 0.717) is 68.4 Å². The number of halogens is 5. The summed E-state index contributed by atoms with van der Waals surface area (Å²) in [5, 5.41) is 2.97. The SMILES string of the molecule is BrCCNBr.CS(=O)(=O)NCCBr.CS(=O)(=O)NCCn1c(Sc2cc3c(cc2I)OCO3)nc2c(N)ncnc21.Nc1ncnc2nc(Sc3cc4c(cc3I)OCO4)[nH]c12. The van der Waals surface area contributed by atoms with Crippen LogP contribution in [0.2, 0.25) is 0 Å². The molecular weight excluding hydrogens is 1320 g/mol. The van der Waals surface area contributed by atoms with Crippen molar-refractivity contribution in [2.24, 2.45) is 0 Å². The Morgan fingerprint density at radius 1 is 0.758 bits per heavy atom. The molecule has 6 aromatic rings. The van der Waals surface area contributed by atoms with Crippen molar-refractivity contribution in [2.75, 3.05) is 67.9 Å². The Bertz CT molecular complexity index is 2720. The second-order valence-corrected chi connectivity index (χ2v) is 22.2. The van der Waals surface area contributed by atoms with Gasteiger partial charge in [-0.2, -0.15) is 0 Å². The zero-order valence-electron chi connectivity index (χ0n) is 32.2. The quantitative estimate of drug-likeness (QED) is 0.0500. The molecule has 62 heavy (non-hydrogen) atoms. The fourth-order valence-corrected chi connectivity index (χ4v) is 10.5. The molecule has 30 heteroatoms. The number of fused-ring (bicyclic) bond motifs is 4. The first-order valence-electron chi connectivity index (χ1n) is 17.3. The molecule has 0 saturated carbocycles. The molecule has 4 aromatic heterocycles. The van der Waals surface area contributed by atoms with E-state index in [0.717, 1.165) is 52.8 Å². The first-order valence-corrected chi connectivity index (χ1v) is 27.9. The first kappa shape index (κ1) is 50.7. The monoisotopic (exact) mass is 1350 g/mol. The van der Waals surface area contributed by atoms with Crippen molar-refractivity contribution in [2.45, 2.75) is 26.6 Å². The number of aromatic nitrogens is 8. The number of anilines is 2. The Labute approximate surface area is 416 Å². The lowest BCUT2D eigenvalue weighted by Crippen LogP contribution is -2.26. The fourth-order valence-electron chi connectivity index (χ4n) is 4.85. The van der Waals surface area contributed by atoms with Gasteiger partial charge < -0.3 is 40.0 Å². The Balaban J connectivity index is 0.000000187. The zero-order valence-corrected chi connectivity index (χ0v) is 44.5. The van der Waals surface area contributed by atoms with Gasteiger partial charge in [-0.25, -0.2) is 56.2 Å². The van der Waals surface area contributed by atoms with Gasteiger partial charge in [0.25, 0.3) is 0 Å². The van der Waals surface area contributed by atoms with E-state index in [1.54, 1.807) is 0 Å². The van der Waals surface area contributed by atoms with Gasteiger partial charge in [0.1, 0.15) is 18.2 Å². The van der Waals surface area contributed by atoms with Crippen LogP contribution in [0.3, 0.4) is 0 Å². The van der Waals surface area contributed by atoms with Gasteiger partial charge in [-0.15, -0.1) is 0 Å². The van der Waals surface area contributed by atoms with E-state index in [1.807, 2.05) is 28.8 Å². The van der Waals surface area contributed by atoms with Gasteiger partial charge in [0.05, 0.1) is 12.5 Å². The molecule has 8 N–H and O–H groups in total. The molecule has 2 aliphatic rings. The van der Waals surface area contributed by atoms with Crippen LogP contribution in [-0.2, 0) is 26.6 Å². The molecule has 0 atom stereocenters. The molecule has 2 aliphatic heterocycles. The largest absolute Gasteiger partial charge is 0.454 e.